The zero-order valence-corrected chi connectivity index (χ0v) is 16.6. The molecule has 0 saturated carbocycles. The number of nitrogens with one attached hydrogen (secondary N) is 1. The van der Waals surface area contributed by atoms with E-state index in [0.29, 0.717) is 5.56 Å². The molecule has 0 radical (unpaired) electrons. The third-order valence-corrected chi connectivity index (χ3v) is 4.99. The highest BCUT2D eigenvalue weighted by Gasteiger charge is 2.09. The quantitative estimate of drug-likeness (QED) is 0.456. The predicted octanol–water partition coefficient (Wildman–Crippen LogP) is 5.63. The van der Waals surface area contributed by atoms with Gasteiger partial charge in [0.25, 0.3) is 5.91 Å². The highest BCUT2D eigenvalue weighted by Crippen LogP contribution is 2.17. The molecule has 2 heterocycles. The molecule has 4 rings (SSSR count). The molecule has 0 fully saturated rings. The summed E-state index contributed by atoms with van der Waals surface area (Å²) in [5.74, 6) is -0.128. The van der Waals surface area contributed by atoms with Gasteiger partial charge in [-0.15, -0.1) is 0 Å². The molecule has 0 saturated heterocycles. The summed E-state index contributed by atoms with van der Waals surface area (Å²) in [6.45, 7) is 4.14. The number of carbonyl (C=O) groups excluding carboxylic acids is 1. The van der Waals surface area contributed by atoms with Crippen LogP contribution in [0.15, 0.2) is 72.9 Å². The standard InChI is InChI=1S/C25H23N3O/c1-3-23-18(2)28-17-22(15-16-24(28)27-23)26-25(29)21-13-11-20(12-14-21)10-9-19-7-5-4-6-8-19/h4-17H,3H2,1-2H3,(H,26,29)/b10-9+. The minimum Gasteiger partial charge on any atom is -0.321 e. The van der Waals surface area contributed by atoms with E-state index < -0.39 is 0 Å². The summed E-state index contributed by atoms with van der Waals surface area (Å²) in [4.78, 5) is 17.2. The maximum absolute atomic E-state index is 12.6. The van der Waals surface area contributed by atoms with E-state index in [-0.39, 0.29) is 5.91 Å². The Kier molecular flexibility index (Phi) is 5.25. The molecule has 2 aromatic carbocycles. The zero-order valence-electron chi connectivity index (χ0n) is 16.6. The number of hydrogen-bond donors (Lipinski definition) is 1. The Morgan fingerprint density at radius 1 is 0.966 bits per heavy atom. The van der Waals surface area contributed by atoms with Gasteiger partial charge in [0.15, 0.2) is 0 Å². The van der Waals surface area contributed by atoms with E-state index in [1.165, 1.54) is 0 Å². The molecule has 0 aliphatic carbocycles. The van der Waals surface area contributed by atoms with Gasteiger partial charge in [-0.3, -0.25) is 4.79 Å². The van der Waals surface area contributed by atoms with Crippen LogP contribution in [0, 0.1) is 6.92 Å². The van der Waals surface area contributed by atoms with Crippen LogP contribution in [0.5, 0.6) is 0 Å². The van der Waals surface area contributed by atoms with Gasteiger partial charge in [0.1, 0.15) is 5.65 Å². The summed E-state index contributed by atoms with van der Waals surface area (Å²) in [6.07, 6.45) is 6.91. The number of imidazole rings is 1. The molecule has 0 bridgehead atoms. The molecule has 144 valence electrons. The number of nitrogens with zero attached hydrogens (tertiary/aromatic N) is 2. The van der Waals surface area contributed by atoms with Crippen LogP contribution in [0.4, 0.5) is 5.69 Å². The summed E-state index contributed by atoms with van der Waals surface area (Å²) < 4.78 is 2.02. The molecular weight excluding hydrogens is 358 g/mol. The molecule has 0 atom stereocenters. The first kappa shape index (κ1) is 18.7. The van der Waals surface area contributed by atoms with E-state index in [4.69, 9.17) is 0 Å². The van der Waals surface area contributed by atoms with E-state index in [2.05, 4.69) is 35.4 Å². The van der Waals surface area contributed by atoms with Gasteiger partial charge in [0, 0.05) is 17.5 Å². The second-order valence-electron chi connectivity index (χ2n) is 6.96. The molecule has 0 aliphatic rings. The highest BCUT2D eigenvalue weighted by atomic mass is 16.1. The largest absolute Gasteiger partial charge is 0.321 e. The van der Waals surface area contributed by atoms with Crippen LogP contribution in [0.3, 0.4) is 0 Å². The fourth-order valence-corrected chi connectivity index (χ4v) is 3.33. The average Bonchev–Trinajstić information content (AvgIpc) is 3.08. The van der Waals surface area contributed by atoms with Gasteiger partial charge in [-0.1, -0.05) is 61.5 Å². The Bertz CT molecular complexity index is 1170. The van der Waals surface area contributed by atoms with E-state index in [1.807, 2.05) is 78.2 Å². The number of pyridine rings is 1. The second kappa shape index (κ2) is 8.15. The zero-order chi connectivity index (χ0) is 20.2. The first-order chi connectivity index (χ1) is 14.1. The smallest absolute Gasteiger partial charge is 0.255 e. The first-order valence-electron chi connectivity index (χ1n) is 9.76. The second-order valence-corrected chi connectivity index (χ2v) is 6.96. The molecule has 29 heavy (non-hydrogen) atoms. The fourth-order valence-electron chi connectivity index (χ4n) is 3.33. The number of hydrogen-bond acceptors (Lipinski definition) is 2. The lowest BCUT2D eigenvalue weighted by atomic mass is 10.1. The number of aromatic nitrogens is 2. The average molecular weight is 381 g/mol. The summed E-state index contributed by atoms with van der Waals surface area (Å²) in [6, 6.07) is 21.5. The lowest BCUT2D eigenvalue weighted by Crippen LogP contribution is -2.12. The van der Waals surface area contributed by atoms with Crippen LogP contribution in [0.25, 0.3) is 17.8 Å². The van der Waals surface area contributed by atoms with Crippen molar-refractivity contribution in [3.8, 4) is 0 Å². The van der Waals surface area contributed by atoms with Crippen LogP contribution >= 0.6 is 0 Å². The predicted molar refractivity (Wildman–Crippen MR) is 119 cm³/mol. The number of anilines is 1. The van der Waals surface area contributed by atoms with Crippen molar-refractivity contribution in [2.75, 3.05) is 5.32 Å². The number of benzene rings is 2. The van der Waals surface area contributed by atoms with Crippen molar-refractivity contribution in [1.82, 2.24) is 9.38 Å². The van der Waals surface area contributed by atoms with Crippen LogP contribution in [0.1, 0.15) is 39.8 Å². The third kappa shape index (κ3) is 4.11. The van der Waals surface area contributed by atoms with Gasteiger partial charge in [-0.25, -0.2) is 4.98 Å². The van der Waals surface area contributed by atoms with Crippen molar-refractivity contribution >= 4 is 29.4 Å². The molecule has 0 spiro atoms. The molecule has 0 aliphatic heterocycles. The monoisotopic (exact) mass is 381 g/mol. The van der Waals surface area contributed by atoms with E-state index in [0.717, 1.165) is 40.3 Å². The topological polar surface area (TPSA) is 46.4 Å². The maximum atomic E-state index is 12.6. The molecule has 4 nitrogen and oxygen atoms in total. The van der Waals surface area contributed by atoms with Gasteiger partial charge in [-0.2, -0.15) is 0 Å². The maximum Gasteiger partial charge on any atom is 0.255 e. The Morgan fingerprint density at radius 3 is 2.34 bits per heavy atom. The Hall–Kier alpha value is -3.66. The lowest BCUT2D eigenvalue weighted by molar-refractivity contribution is 0.102. The number of carbonyl (C=O) groups is 1. The summed E-state index contributed by atoms with van der Waals surface area (Å²) in [7, 11) is 0. The normalized spacial score (nSPS) is 11.2. The Morgan fingerprint density at radius 2 is 1.66 bits per heavy atom. The molecule has 2 aromatic heterocycles. The van der Waals surface area contributed by atoms with Crippen LogP contribution in [-0.4, -0.2) is 15.3 Å². The summed E-state index contributed by atoms with van der Waals surface area (Å²) in [5, 5.41) is 2.98. The Labute approximate surface area is 170 Å². The number of rotatable bonds is 5. The SMILES string of the molecule is CCc1nc2ccc(NC(=O)c3ccc(/C=C/c4ccccc4)cc3)cn2c1C. The molecule has 4 aromatic rings. The van der Waals surface area contributed by atoms with Gasteiger partial charge < -0.3 is 9.72 Å². The van der Waals surface area contributed by atoms with E-state index in [1.54, 1.807) is 0 Å². The molecule has 0 unspecified atom stereocenters. The van der Waals surface area contributed by atoms with Gasteiger partial charge in [0.05, 0.1) is 11.4 Å². The van der Waals surface area contributed by atoms with Gasteiger partial charge >= 0.3 is 0 Å². The number of fused-ring (bicyclic) bond motifs is 1. The van der Waals surface area contributed by atoms with Crippen molar-refractivity contribution in [3.63, 3.8) is 0 Å². The van der Waals surface area contributed by atoms with Crippen molar-refractivity contribution in [1.29, 1.82) is 0 Å². The fraction of sp³-hybridized carbons (Fsp3) is 0.120. The number of aryl methyl sites for hydroxylation is 2. The molecular formula is C25H23N3O. The van der Waals surface area contributed by atoms with E-state index in [9.17, 15) is 4.79 Å². The van der Waals surface area contributed by atoms with Crippen LogP contribution in [-0.2, 0) is 6.42 Å². The summed E-state index contributed by atoms with van der Waals surface area (Å²) >= 11 is 0. The highest BCUT2D eigenvalue weighted by molar-refractivity contribution is 6.04. The van der Waals surface area contributed by atoms with Gasteiger partial charge in [-0.05, 0) is 48.7 Å². The lowest BCUT2D eigenvalue weighted by Gasteiger charge is -2.07. The minimum absolute atomic E-state index is 0.128. The summed E-state index contributed by atoms with van der Waals surface area (Å²) in [5.41, 5.74) is 6.64. The van der Waals surface area contributed by atoms with E-state index >= 15 is 0 Å². The molecule has 4 heteroatoms. The van der Waals surface area contributed by atoms with Crippen LogP contribution in [0.2, 0.25) is 0 Å². The number of amides is 1. The molecule has 1 amide bonds. The first-order valence-corrected chi connectivity index (χ1v) is 9.76. The minimum atomic E-state index is -0.128. The van der Waals surface area contributed by atoms with Crippen molar-refractivity contribution < 1.29 is 4.79 Å². The van der Waals surface area contributed by atoms with Crippen molar-refractivity contribution in [2.24, 2.45) is 0 Å². The molecule has 1 N–H and O–H groups in total. The third-order valence-electron chi connectivity index (χ3n) is 4.99. The van der Waals surface area contributed by atoms with Gasteiger partial charge in [0.2, 0.25) is 0 Å². The van der Waals surface area contributed by atoms with Crippen molar-refractivity contribution in [2.45, 2.75) is 20.3 Å². The van der Waals surface area contributed by atoms with Crippen molar-refractivity contribution in [3.05, 3.63) is 101 Å². The van der Waals surface area contributed by atoms with Crippen LogP contribution < -0.4 is 5.32 Å². The Balaban J connectivity index is 1.48.